The van der Waals surface area contributed by atoms with E-state index in [4.69, 9.17) is 5.73 Å². The molecule has 0 spiro atoms. The highest BCUT2D eigenvalue weighted by Crippen LogP contribution is 2.23. The average Bonchev–Trinajstić information content (AvgIpc) is 2.71. The second-order valence-electron chi connectivity index (χ2n) is 3.90. The monoisotopic (exact) mass is 299 g/mol. The van der Waals surface area contributed by atoms with E-state index in [0.717, 1.165) is 10.0 Å². The lowest BCUT2D eigenvalue weighted by Crippen LogP contribution is -2.45. The number of ether oxygens (including phenoxy) is 1. The van der Waals surface area contributed by atoms with Crippen LogP contribution in [-0.2, 0) is 9.53 Å². The van der Waals surface area contributed by atoms with Gasteiger partial charge in [0.15, 0.2) is 0 Å². The Hall–Kier alpha value is -0.950. The fourth-order valence-electron chi connectivity index (χ4n) is 1.88. The molecule has 1 heterocycles. The van der Waals surface area contributed by atoms with Gasteiger partial charge < -0.3 is 10.5 Å². The molecule has 0 bridgehead atoms. The lowest BCUT2D eigenvalue weighted by Gasteiger charge is -2.17. The molecule has 17 heavy (non-hydrogen) atoms. The lowest BCUT2D eigenvalue weighted by molar-refractivity contribution is -0.143. The Morgan fingerprint density at radius 1 is 1.35 bits per heavy atom. The summed E-state index contributed by atoms with van der Waals surface area (Å²) in [6.45, 7) is 0. The molecule has 1 aromatic carbocycles. The second-order valence-corrected chi connectivity index (χ2v) is 4.81. The molecule has 1 aromatic rings. The summed E-state index contributed by atoms with van der Waals surface area (Å²) in [5.74, 6) is -0.357. The minimum absolute atomic E-state index is 0.104. The third-order valence-electron chi connectivity index (χ3n) is 2.85. The summed E-state index contributed by atoms with van der Waals surface area (Å²) in [4.78, 5) is 11.4. The number of carbonyl (C=O) groups is 1. The molecule has 2 rings (SSSR count). The van der Waals surface area contributed by atoms with E-state index in [1.54, 1.807) is 0 Å². The quantitative estimate of drug-likeness (QED) is 0.692. The Balaban J connectivity index is 2.14. The third-order valence-corrected chi connectivity index (χ3v) is 3.38. The van der Waals surface area contributed by atoms with Gasteiger partial charge in [-0.1, -0.05) is 28.1 Å². The van der Waals surface area contributed by atoms with Gasteiger partial charge in [-0.3, -0.25) is 4.79 Å². The lowest BCUT2D eigenvalue weighted by atomic mass is 9.97. The van der Waals surface area contributed by atoms with E-state index >= 15 is 0 Å². The fourth-order valence-corrected chi connectivity index (χ4v) is 2.15. The molecule has 5 nitrogen and oxygen atoms in total. The highest BCUT2D eigenvalue weighted by atomic mass is 79.9. The molecule has 1 saturated heterocycles. The van der Waals surface area contributed by atoms with Gasteiger partial charge in [-0.2, -0.15) is 0 Å². The van der Waals surface area contributed by atoms with Gasteiger partial charge in [-0.05, 0) is 17.7 Å². The van der Waals surface area contributed by atoms with Crippen molar-refractivity contribution in [2.75, 3.05) is 7.11 Å². The summed E-state index contributed by atoms with van der Waals surface area (Å²) in [5, 5.41) is 0. The van der Waals surface area contributed by atoms with Crippen LogP contribution in [0.15, 0.2) is 28.7 Å². The number of hydrogen-bond acceptors (Lipinski definition) is 5. The van der Waals surface area contributed by atoms with Crippen molar-refractivity contribution in [1.82, 2.24) is 10.9 Å². The van der Waals surface area contributed by atoms with E-state index in [1.165, 1.54) is 7.11 Å². The Kier molecular flexibility index (Phi) is 3.78. The molecule has 0 radical (unpaired) electrons. The molecule has 1 aliphatic rings. The van der Waals surface area contributed by atoms with Crippen LogP contribution in [0.3, 0.4) is 0 Å². The minimum atomic E-state index is -0.520. The zero-order valence-electron chi connectivity index (χ0n) is 9.31. The van der Waals surface area contributed by atoms with Crippen molar-refractivity contribution >= 4 is 21.9 Å². The van der Waals surface area contributed by atoms with Gasteiger partial charge in [-0.25, -0.2) is 10.9 Å². The smallest absolute Gasteiger partial charge is 0.325 e. The summed E-state index contributed by atoms with van der Waals surface area (Å²) in [7, 11) is 1.35. The maximum atomic E-state index is 11.4. The van der Waals surface area contributed by atoms with Crippen LogP contribution in [0.4, 0.5) is 0 Å². The number of hydrogen-bond donors (Lipinski definition) is 3. The van der Waals surface area contributed by atoms with Crippen LogP contribution in [0, 0.1) is 0 Å². The number of carbonyl (C=O) groups excluding carboxylic acids is 1. The molecule has 3 unspecified atom stereocenters. The van der Waals surface area contributed by atoms with Gasteiger partial charge in [0.25, 0.3) is 0 Å². The number of methoxy groups -OCH3 is 1. The number of nitrogens with one attached hydrogen (secondary N) is 2. The number of halogens is 1. The van der Waals surface area contributed by atoms with Gasteiger partial charge in [0.2, 0.25) is 0 Å². The first kappa shape index (κ1) is 12.5. The first-order valence-corrected chi connectivity index (χ1v) is 6.02. The van der Waals surface area contributed by atoms with Gasteiger partial charge in [-0.15, -0.1) is 0 Å². The van der Waals surface area contributed by atoms with Crippen molar-refractivity contribution in [3.63, 3.8) is 0 Å². The number of nitrogens with two attached hydrogens (primary N) is 1. The highest BCUT2D eigenvalue weighted by molar-refractivity contribution is 9.10. The Morgan fingerprint density at radius 3 is 2.59 bits per heavy atom. The van der Waals surface area contributed by atoms with Crippen LogP contribution in [0.2, 0.25) is 0 Å². The van der Waals surface area contributed by atoms with Crippen molar-refractivity contribution in [2.45, 2.75) is 18.1 Å². The van der Waals surface area contributed by atoms with Gasteiger partial charge >= 0.3 is 5.97 Å². The molecule has 92 valence electrons. The standard InChI is InChI=1S/C11H14BrN3O2/c1-17-11(16)10-8(13)9(14-15-10)6-2-4-7(12)5-3-6/h2-5,8-10,14-15H,13H2,1H3. The van der Waals surface area contributed by atoms with Gasteiger partial charge in [0, 0.05) is 4.47 Å². The van der Waals surface area contributed by atoms with Crippen LogP contribution in [-0.4, -0.2) is 25.2 Å². The van der Waals surface area contributed by atoms with E-state index < -0.39 is 6.04 Å². The first-order chi connectivity index (χ1) is 8.13. The van der Waals surface area contributed by atoms with Gasteiger partial charge in [0.05, 0.1) is 19.2 Å². The molecule has 4 N–H and O–H groups in total. The second kappa shape index (κ2) is 5.14. The van der Waals surface area contributed by atoms with Gasteiger partial charge in [0.1, 0.15) is 6.04 Å². The van der Waals surface area contributed by atoms with Crippen molar-refractivity contribution in [3.05, 3.63) is 34.3 Å². The molecule has 6 heteroatoms. The van der Waals surface area contributed by atoms with E-state index in [1.807, 2.05) is 24.3 Å². The normalized spacial score (nSPS) is 28.1. The van der Waals surface area contributed by atoms with Crippen LogP contribution in [0.25, 0.3) is 0 Å². The van der Waals surface area contributed by atoms with Crippen LogP contribution in [0.5, 0.6) is 0 Å². The van der Waals surface area contributed by atoms with Crippen molar-refractivity contribution in [3.8, 4) is 0 Å². The molecule has 1 aliphatic heterocycles. The van der Waals surface area contributed by atoms with Crippen LogP contribution in [0.1, 0.15) is 11.6 Å². The molecule has 0 aromatic heterocycles. The van der Waals surface area contributed by atoms with E-state index in [2.05, 4.69) is 31.5 Å². The zero-order valence-corrected chi connectivity index (χ0v) is 10.9. The van der Waals surface area contributed by atoms with Crippen LogP contribution >= 0.6 is 15.9 Å². The number of rotatable bonds is 2. The SMILES string of the molecule is COC(=O)C1NNC(c2ccc(Br)cc2)C1N. The molecule has 0 aliphatic carbocycles. The topological polar surface area (TPSA) is 76.4 Å². The average molecular weight is 300 g/mol. The number of esters is 1. The zero-order chi connectivity index (χ0) is 12.4. The molecular formula is C11H14BrN3O2. The summed E-state index contributed by atoms with van der Waals surface area (Å²) in [5.41, 5.74) is 12.9. The van der Waals surface area contributed by atoms with E-state index in [0.29, 0.717) is 0 Å². The van der Waals surface area contributed by atoms with Crippen LogP contribution < -0.4 is 16.6 Å². The largest absolute Gasteiger partial charge is 0.468 e. The molecule has 1 fully saturated rings. The minimum Gasteiger partial charge on any atom is -0.468 e. The molecular weight excluding hydrogens is 286 g/mol. The highest BCUT2D eigenvalue weighted by Gasteiger charge is 2.38. The molecule has 3 atom stereocenters. The third kappa shape index (κ3) is 2.50. The number of benzene rings is 1. The van der Waals surface area contributed by atoms with E-state index in [9.17, 15) is 4.79 Å². The Labute approximate surface area is 108 Å². The summed E-state index contributed by atoms with van der Waals surface area (Å²) >= 11 is 3.37. The fraction of sp³-hybridized carbons (Fsp3) is 0.364. The Morgan fingerprint density at radius 2 is 2.00 bits per heavy atom. The first-order valence-electron chi connectivity index (χ1n) is 5.23. The predicted molar refractivity (Wildman–Crippen MR) is 66.9 cm³/mol. The molecule has 0 saturated carbocycles. The summed E-state index contributed by atoms with van der Waals surface area (Å²) in [6.07, 6.45) is 0. The summed E-state index contributed by atoms with van der Waals surface area (Å²) < 4.78 is 5.68. The van der Waals surface area contributed by atoms with E-state index in [-0.39, 0.29) is 18.1 Å². The van der Waals surface area contributed by atoms with Crippen molar-refractivity contribution in [1.29, 1.82) is 0 Å². The maximum Gasteiger partial charge on any atom is 0.325 e. The maximum absolute atomic E-state index is 11.4. The molecule has 0 amide bonds. The predicted octanol–water partition coefficient (Wildman–Crippen LogP) is 0.467. The Bertz CT molecular complexity index is 410. The van der Waals surface area contributed by atoms with Crippen molar-refractivity contribution in [2.24, 2.45) is 5.73 Å². The number of hydrazine groups is 1. The van der Waals surface area contributed by atoms with Crippen molar-refractivity contribution < 1.29 is 9.53 Å². The summed E-state index contributed by atoms with van der Waals surface area (Å²) in [6, 6.07) is 6.82.